The average molecular weight is 432 g/mol. The molecule has 0 spiro atoms. The SMILES string of the molecule is N#Cc1ccc(S(=O)(=O)N2CCCC2C(=O)NC2C3CC4CC(C3)CC2C4)c(F)c1. The summed E-state index contributed by atoms with van der Waals surface area (Å²) >= 11 is 0. The van der Waals surface area contributed by atoms with E-state index in [1.165, 1.54) is 38.2 Å². The Kier molecular flexibility index (Phi) is 4.86. The molecule has 1 aromatic carbocycles. The lowest BCUT2D eigenvalue weighted by atomic mass is 9.54. The summed E-state index contributed by atoms with van der Waals surface area (Å²) in [6, 6.07) is 4.47. The highest BCUT2D eigenvalue weighted by Gasteiger charge is 2.50. The normalized spacial score (nSPS) is 35.3. The molecule has 5 aliphatic rings. The molecule has 6 rings (SSSR count). The topological polar surface area (TPSA) is 90.3 Å². The van der Waals surface area contributed by atoms with Gasteiger partial charge in [-0.1, -0.05) is 0 Å². The quantitative estimate of drug-likeness (QED) is 0.794. The molecule has 5 fully saturated rings. The van der Waals surface area contributed by atoms with Crippen molar-refractivity contribution in [1.29, 1.82) is 5.26 Å². The van der Waals surface area contributed by atoms with Gasteiger partial charge in [0, 0.05) is 12.6 Å². The third-order valence-corrected chi connectivity index (χ3v) is 9.63. The lowest BCUT2D eigenvalue weighted by Crippen LogP contribution is -2.58. The summed E-state index contributed by atoms with van der Waals surface area (Å²) in [5, 5.41) is 12.1. The first-order valence-corrected chi connectivity index (χ1v) is 12.3. The Morgan fingerprint density at radius 2 is 1.80 bits per heavy atom. The maximum Gasteiger partial charge on any atom is 0.246 e. The van der Waals surface area contributed by atoms with Crippen molar-refractivity contribution >= 4 is 15.9 Å². The van der Waals surface area contributed by atoms with Crippen molar-refractivity contribution in [2.45, 2.75) is 61.9 Å². The molecule has 4 saturated carbocycles. The lowest BCUT2D eigenvalue weighted by Gasteiger charge is -2.54. The van der Waals surface area contributed by atoms with Crippen molar-refractivity contribution in [3.8, 4) is 6.07 Å². The zero-order valence-corrected chi connectivity index (χ0v) is 17.6. The molecule has 1 unspecified atom stereocenters. The molecule has 1 heterocycles. The van der Waals surface area contributed by atoms with Crippen molar-refractivity contribution in [2.24, 2.45) is 23.7 Å². The number of nitrogens with one attached hydrogen (secondary N) is 1. The van der Waals surface area contributed by atoms with E-state index < -0.39 is 26.8 Å². The van der Waals surface area contributed by atoms with E-state index in [0.717, 1.165) is 28.3 Å². The molecular weight excluding hydrogens is 405 g/mol. The Bertz CT molecular complexity index is 991. The third-order valence-electron chi connectivity index (χ3n) is 7.69. The maximum atomic E-state index is 14.4. The van der Waals surface area contributed by atoms with Gasteiger partial charge in [-0.05, 0) is 86.8 Å². The average Bonchev–Trinajstić information content (AvgIpc) is 3.20. The van der Waals surface area contributed by atoms with Gasteiger partial charge in [0.05, 0.1) is 11.6 Å². The highest BCUT2D eigenvalue weighted by molar-refractivity contribution is 7.89. The number of benzene rings is 1. The minimum atomic E-state index is -4.16. The van der Waals surface area contributed by atoms with E-state index in [2.05, 4.69) is 5.32 Å². The Hall–Kier alpha value is -1.98. The molecule has 6 nitrogen and oxygen atoms in total. The predicted octanol–water partition coefficient (Wildman–Crippen LogP) is 2.79. The second-order valence-corrected chi connectivity index (χ2v) is 11.4. The largest absolute Gasteiger partial charge is 0.351 e. The number of rotatable bonds is 4. The summed E-state index contributed by atoms with van der Waals surface area (Å²) in [5.74, 6) is 1.40. The van der Waals surface area contributed by atoms with Crippen LogP contribution in [0.3, 0.4) is 0 Å². The monoisotopic (exact) mass is 431 g/mol. The highest BCUT2D eigenvalue weighted by atomic mass is 32.2. The molecule has 1 atom stereocenters. The van der Waals surface area contributed by atoms with Crippen molar-refractivity contribution < 1.29 is 17.6 Å². The fraction of sp³-hybridized carbons (Fsp3) is 0.636. The van der Waals surface area contributed by atoms with Crippen LogP contribution in [-0.2, 0) is 14.8 Å². The van der Waals surface area contributed by atoms with Gasteiger partial charge in [-0.3, -0.25) is 4.79 Å². The number of hydrogen-bond donors (Lipinski definition) is 1. The number of nitriles is 1. The molecule has 4 aliphatic carbocycles. The van der Waals surface area contributed by atoms with Crippen LogP contribution in [-0.4, -0.2) is 37.3 Å². The molecule has 1 saturated heterocycles. The van der Waals surface area contributed by atoms with Gasteiger partial charge in [-0.2, -0.15) is 9.57 Å². The molecule has 0 aromatic heterocycles. The van der Waals surface area contributed by atoms with Crippen molar-refractivity contribution in [3.05, 3.63) is 29.6 Å². The van der Waals surface area contributed by atoms with Gasteiger partial charge in [0.25, 0.3) is 0 Å². The van der Waals surface area contributed by atoms with E-state index in [0.29, 0.717) is 24.7 Å². The van der Waals surface area contributed by atoms with Crippen LogP contribution in [0.15, 0.2) is 23.1 Å². The molecule has 0 radical (unpaired) electrons. The smallest absolute Gasteiger partial charge is 0.246 e. The Labute approximate surface area is 176 Å². The number of hydrogen-bond acceptors (Lipinski definition) is 4. The van der Waals surface area contributed by atoms with Crippen LogP contribution in [0.5, 0.6) is 0 Å². The zero-order valence-electron chi connectivity index (χ0n) is 16.8. The molecule has 160 valence electrons. The minimum Gasteiger partial charge on any atom is -0.351 e. The number of nitrogens with zero attached hydrogens (tertiary/aromatic N) is 2. The predicted molar refractivity (Wildman–Crippen MR) is 107 cm³/mol. The van der Waals surface area contributed by atoms with E-state index in [1.807, 2.05) is 0 Å². The number of amides is 1. The fourth-order valence-electron chi connectivity index (χ4n) is 6.62. The number of sulfonamides is 1. The zero-order chi connectivity index (χ0) is 21.0. The van der Waals surface area contributed by atoms with Crippen LogP contribution in [0, 0.1) is 40.8 Å². The molecule has 1 N–H and O–H groups in total. The van der Waals surface area contributed by atoms with Crippen molar-refractivity contribution in [3.63, 3.8) is 0 Å². The van der Waals surface area contributed by atoms with Crippen LogP contribution >= 0.6 is 0 Å². The first-order valence-electron chi connectivity index (χ1n) is 10.9. The minimum absolute atomic E-state index is 0.0593. The van der Waals surface area contributed by atoms with E-state index in [-0.39, 0.29) is 24.1 Å². The standard InChI is InChI=1S/C22H26FN3O3S/c23-18-11-13(12-24)3-4-20(18)30(28,29)26-5-1-2-19(26)22(27)25-21-16-7-14-6-15(9-16)10-17(21)8-14/h3-4,11,14-17,19,21H,1-2,5-10H2,(H,25,27). The molecular formula is C22H26FN3O3S. The van der Waals surface area contributed by atoms with Gasteiger partial charge in [0.2, 0.25) is 15.9 Å². The van der Waals surface area contributed by atoms with Gasteiger partial charge in [0.1, 0.15) is 16.8 Å². The Balaban J connectivity index is 1.35. The summed E-state index contributed by atoms with van der Waals surface area (Å²) in [6.45, 7) is 0.196. The van der Waals surface area contributed by atoms with Crippen LogP contribution in [0.4, 0.5) is 4.39 Å². The van der Waals surface area contributed by atoms with Gasteiger partial charge in [-0.15, -0.1) is 0 Å². The molecule has 30 heavy (non-hydrogen) atoms. The fourth-order valence-corrected chi connectivity index (χ4v) is 8.32. The number of carbonyl (C=O) groups is 1. The first kappa shape index (κ1) is 20.0. The summed E-state index contributed by atoms with van der Waals surface area (Å²) in [7, 11) is -4.16. The summed E-state index contributed by atoms with van der Waals surface area (Å²) < 4.78 is 41.8. The number of halogens is 1. The van der Waals surface area contributed by atoms with E-state index in [1.54, 1.807) is 6.07 Å². The van der Waals surface area contributed by atoms with E-state index in [4.69, 9.17) is 5.26 Å². The van der Waals surface area contributed by atoms with E-state index in [9.17, 15) is 17.6 Å². The summed E-state index contributed by atoms with van der Waals surface area (Å²) in [6.07, 6.45) is 7.01. The van der Waals surface area contributed by atoms with Gasteiger partial charge in [-0.25, -0.2) is 12.8 Å². The molecule has 4 bridgehead atoms. The van der Waals surface area contributed by atoms with Crippen LogP contribution < -0.4 is 5.32 Å². The summed E-state index contributed by atoms with van der Waals surface area (Å²) in [5.41, 5.74) is 0.0593. The second kappa shape index (κ2) is 7.31. The van der Waals surface area contributed by atoms with Gasteiger partial charge >= 0.3 is 0 Å². The molecule has 8 heteroatoms. The maximum absolute atomic E-state index is 14.4. The third kappa shape index (κ3) is 3.23. The second-order valence-electron chi connectivity index (χ2n) is 9.50. The van der Waals surface area contributed by atoms with Crippen LogP contribution in [0.25, 0.3) is 0 Å². The number of carbonyl (C=O) groups excluding carboxylic acids is 1. The van der Waals surface area contributed by atoms with E-state index >= 15 is 0 Å². The van der Waals surface area contributed by atoms with Gasteiger partial charge in [0.15, 0.2) is 0 Å². The molecule has 1 aromatic rings. The molecule has 1 amide bonds. The van der Waals surface area contributed by atoms with Crippen LogP contribution in [0.1, 0.15) is 50.5 Å². The molecule has 1 aliphatic heterocycles. The van der Waals surface area contributed by atoms with Crippen molar-refractivity contribution in [1.82, 2.24) is 9.62 Å². The lowest BCUT2D eigenvalue weighted by molar-refractivity contribution is -0.128. The van der Waals surface area contributed by atoms with Gasteiger partial charge < -0.3 is 5.32 Å². The highest BCUT2D eigenvalue weighted by Crippen LogP contribution is 2.53. The Morgan fingerprint density at radius 1 is 1.13 bits per heavy atom. The summed E-state index contributed by atoms with van der Waals surface area (Å²) in [4.78, 5) is 12.7. The van der Waals surface area contributed by atoms with Crippen molar-refractivity contribution in [2.75, 3.05) is 6.54 Å². The van der Waals surface area contributed by atoms with Crippen LogP contribution in [0.2, 0.25) is 0 Å². The first-order chi connectivity index (χ1) is 14.4. The Morgan fingerprint density at radius 3 is 2.40 bits per heavy atom.